The summed E-state index contributed by atoms with van der Waals surface area (Å²) in [6, 6.07) is 5.63. The molecule has 1 unspecified atom stereocenters. The van der Waals surface area contributed by atoms with Crippen LogP contribution in [-0.2, 0) is 25.4 Å². The van der Waals surface area contributed by atoms with Crippen LogP contribution in [0.3, 0.4) is 0 Å². The third-order valence-electron chi connectivity index (χ3n) is 6.49. The Hall–Kier alpha value is -3.33. The van der Waals surface area contributed by atoms with Crippen LogP contribution < -0.4 is 10.9 Å². The van der Waals surface area contributed by atoms with Crippen LogP contribution in [0.4, 0.5) is 4.79 Å². The van der Waals surface area contributed by atoms with Gasteiger partial charge < -0.3 is 24.1 Å². The van der Waals surface area contributed by atoms with Crippen LogP contribution in [0.2, 0.25) is 5.02 Å². The van der Waals surface area contributed by atoms with Crippen molar-refractivity contribution in [3.63, 3.8) is 0 Å². The van der Waals surface area contributed by atoms with E-state index in [4.69, 9.17) is 25.8 Å². The number of esters is 2. The lowest BCUT2D eigenvalue weighted by Crippen LogP contribution is -2.42. The molecule has 1 atom stereocenters. The Kier molecular flexibility index (Phi) is 9.63. The number of amides is 1. The first-order chi connectivity index (χ1) is 19.0. The molecule has 1 aromatic carbocycles. The van der Waals surface area contributed by atoms with Crippen molar-refractivity contribution in [3.05, 3.63) is 57.0 Å². The summed E-state index contributed by atoms with van der Waals surface area (Å²) < 4.78 is 17.6. The fourth-order valence-electron chi connectivity index (χ4n) is 4.57. The molecule has 1 aliphatic carbocycles. The average Bonchev–Trinajstić information content (AvgIpc) is 3.57. The van der Waals surface area contributed by atoms with E-state index in [1.54, 1.807) is 67.5 Å². The SMILES string of the molecule is CCOC(=O)c1cn(C(CC)C(=O)OC(C)(C)C)c(=O)cc1-c1cc(Cl)ccc1CC1(NC(=O)OC(C)(C)C)CC1. The van der Waals surface area contributed by atoms with Crippen LogP contribution >= 0.6 is 11.6 Å². The minimum absolute atomic E-state index is 0.113. The van der Waals surface area contributed by atoms with Gasteiger partial charge in [-0.1, -0.05) is 24.6 Å². The van der Waals surface area contributed by atoms with Gasteiger partial charge in [-0.2, -0.15) is 0 Å². The van der Waals surface area contributed by atoms with E-state index < -0.39 is 46.4 Å². The normalized spacial score (nSPS) is 15.0. The van der Waals surface area contributed by atoms with Gasteiger partial charge in [0.15, 0.2) is 0 Å². The third-order valence-corrected chi connectivity index (χ3v) is 6.72. The van der Waals surface area contributed by atoms with Crippen LogP contribution in [0.5, 0.6) is 0 Å². The molecule has 10 heteroatoms. The molecule has 3 rings (SSSR count). The zero-order valence-electron chi connectivity index (χ0n) is 25.2. The van der Waals surface area contributed by atoms with Gasteiger partial charge in [-0.15, -0.1) is 0 Å². The molecule has 2 aromatic rings. The van der Waals surface area contributed by atoms with Crippen molar-refractivity contribution < 1.29 is 28.6 Å². The van der Waals surface area contributed by atoms with E-state index in [9.17, 15) is 19.2 Å². The molecule has 0 saturated heterocycles. The van der Waals surface area contributed by atoms with Gasteiger partial charge in [0.05, 0.1) is 12.2 Å². The largest absolute Gasteiger partial charge is 0.462 e. The van der Waals surface area contributed by atoms with Gasteiger partial charge in [0.1, 0.15) is 17.2 Å². The number of hydrogen-bond donors (Lipinski definition) is 1. The number of rotatable bonds is 9. The summed E-state index contributed by atoms with van der Waals surface area (Å²) >= 11 is 6.40. The summed E-state index contributed by atoms with van der Waals surface area (Å²) in [5.74, 6) is -1.22. The highest BCUT2D eigenvalue weighted by molar-refractivity contribution is 6.31. The maximum Gasteiger partial charge on any atom is 0.408 e. The minimum Gasteiger partial charge on any atom is -0.462 e. The van der Waals surface area contributed by atoms with Crippen molar-refractivity contribution in [3.8, 4) is 11.1 Å². The van der Waals surface area contributed by atoms with Gasteiger partial charge >= 0.3 is 18.0 Å². The molecule has 224 valence electrons. The fourth-order valence-corrected chi connectivity index (χ4v) is 4.74. The monoisotopic (exact) mass is 588 g/mol. The van der Waals surface area contributed by atoms with E-state index >= 15 is 0 Å². The number of alkyl carbamates (subject to hydrolysis) is 1. The van der Waals surface area contributed by atoms with E-state index in [-0.39, 0.29) is 18.6 Å². The van der Waals surface area contributed by atoms with Crippen molar-refractivity contribution in [2.24, 2.45) is 0 Å². The minimum atomic E-state index is -0.935. The first-order valence-electron chi connectivity index (χ1n) is 13.9. The summed E-state index contributed by atoms with van der Waals surface area (Å²) in [5, 5.41) is 3.40. The molecular weight excluding hydrogens is 548 g/mol. The van der Waals surface area contributed by atoms with Gasteiger partial charge in [-0.3, -0.25) is 4.79 Å². The Morgan fingerprint density at radius 2 is 1.63 bits per heavy atom. The predicted molar refractivity (Wildman–Crippen MR) is 157 cm³/mol. The summed E-state index contributed by atoms with van der Waals surface area (Å²) in [4.78, 5) is 52.2. The molecule has 1 N–H and O–H groups in total. The molecule has 1 aromatic heterocycles. The van der Waals surface area contributed by atoms with Crippen LogP contribution in [0, 0.1) is 0 Å². The number of carbonyl (C=O) groups excluding carboxylic acids is 3. The number of aromatic nitrogens is 1. The molecule has 0 aliphatic heterocycles. The number of pyridine rings is 1. The van der Waals surface area contributed by atoms with Gasteiger partial charge in [-0.25, -0.2) is 14.4 Å². The number of halogens is 1. The van der Waals surface area contributed by atoms with Crippen molar-refractivity contribution in [2.75, 3.05) is 6.61 Å². The number of nitrogens with zero attached hydrogens (tertiary/aromatic N) is 1. The van der Waals surface area contributed by atoms with Crippen LogP contribution in [0.15, 0.2) is 35.3 Å². The predicted octanol–water partition coefficient (Wildman–Crippen LogP) is 6.24. The standard InChI is InChI=1S/C31H41ClN2O7/c1-9-24(27(37)40-29(3,4)5)34-18-23(26(36)39-10-2)22(16-25(34)35)21-15-20(32)12-11-19(21)17-31(13-14-31)33-28(38)41-30(6,7)8/h11-12,15-16,18,24H,9-10,13-14,17H2,1-8H3,(H,33,38). The first-order valence-corrected chi connectivity index (χ1v) is 14.3. The Morgan fingerprint density at radius 3 is 2.17 bits per heavy atom. The summed E-state index contributed by atoms with van der Waals surface area (Å²) in [7, 11) is 0. The molecule has 1 saturated carbocycles. The van der Waals surface area contributed by atoms with Crippen molar-refractivity contribution in [1.29, 1.82) is 0 Å². The second-order valence-electron chi connectivity index (χ2n) is 12.4. The van der Waals surface area contributed by atoms with E-state index in [1.807, 2.05) is 6.07 Å². The second kappa shape index (κ2) is 12.3. The van der Waals surface area contributed by atoms with Gasteiger partial charge in [0.25, 0.3) is 5.56 Å². The van der Waals surface area contributed by atoms with Crippen LogP contribution in [0.1, 0.15) is 96.6 Å². The number of ether oxygens (including phenoxy) is 3. The number of carbonyl (C=O) groups is 3. The number of nitrogens with one attached hydrogen (secondary N) is 1. The smallest absolute Gasteiger partial charge is 0.408 e. The Bertz CT molecular complexity index is 1360. The first kappa shape index (κ1) is 32.2. The molecule has 1 fully saturated rings. The lowest BCUT2D eigenvalue weighted by atomic mass is 9.92. The number of hydrogen-bond acceptors (Lipinski definition) is 7. The van der Waals surface area contributed by atoms with E-state index in [2.05, 4.69) is 5.32 Å². The van der Waals surface area contributed by atoms with Crippen molar-refractivity contribution in [2.45, 2.75) is 104 Å². The highest BCUT2D eigenvalue weighted by atomic mass is 35.5. The summed E-state index contributed by atoms with van der Waals surface area (Å²) in [6.45, 7) is 14.2. The molecular formula is C31H41ClN2O7. The molecule has 41 heavy (non-hydrogen) atoms. The highest BCUT2D eigenvalue weighted by Crippen LogP contribution is 2.42. The van der Waals surface area contributed by atoms with Crippen molar-refractivity contribution in [1.82, 2.24) is 9.88 Å². The summed E-state index contributed by atoms with van der Waals surface area (Å²) in [5.41, 5.74) is -0.605. The highest BCUT2D eigenvalue weighted by Gasteiger charge is 2.45. The lowest BCUT2D eigenvalue weighted by molar-refractivity contribution is -0.159. The van der Waals surface area contributed by atoms with Crippen LogP contribution in [0.25, 0.3) is 11.1 Å². The molecule has 0 bridgehead atoms. The van der Waals surface area contributed by atoms with Gasteiger partial charge in [-0.05, 0) is 97.4 Å². The molecule has 9 nitrogen and oxygen atoms in total. The molecule has 1 amide bonds. The average molecular weight is 589 g/mol. The Labute approximate surface area is 246 Å². The van der Waals surface area contributed by atoms with Crippen molar-refractivity contribution >= 4 is 29.6 Å². The zero-order chi connectivity index (χ0) is 30.8. The topological polar surface area (TPSA) is 113 Å². The zero-order valence-corrected chi connectivity index (χ0v) is 25.9. The second-order valence-corrected chi connectivity index (χ2v) is 12.8. The van der Waals surface area contributed by atoms with E-state index in [0.29, 0.717) is 22.6 Å². The number of benzene rings is 1. The Morgan fingerprint density at radius 1 is 1.00 bits per heavy atom. The molecule has 0 radical (unpaired) electrons. The van der Waals surface area contributed by atoms with Gasteiger partial charge in [0, 0.05) is 28.4 Å². The van der Waals surface area contributed by atoms with E-state index in [1.165, 1.54) is 16.8 Å². The molecule has 1 heterocycles. The third kappa shape index (κ3) is 8.58. The van der Waals surface area contributed by atoms with Gasteiger partial charge in [0.2, 0.25) is 0 Å². The Balaban J connectivity index is 2.10. The molecule has 0 spiro atoms. The van der Waals surface area contributed by atoms with E-state index in [0.717, 1.165) is 18.4 Å². The molecule has 1 aliphatic rings. The maximum atomic E-state index is 13.5. The maximum absolute atomic E-state index is 13.5. The lowest BCUT2D eigenvalue weighted by Gasteiger charge is -2.26. The summed E-state index contributed by atoms with van der Waals surface area (Å²) in [6.07, 6.45) is 3.05. The quantitative estimate of drug-likeness (QED) is 0.272. The van der Waals surface area contributed by atoms with Crippen LogP contribution in [-0.4, -0.2) is 45.9 Å². The fraction of sp³-hybridized carbons (Fsp3) is 0.548.